The third kappa shape index (κ3) is 3.35. The van der Waals surface area contributed by atoms with Gasteiger partial charge in [-0.3, -0.25) is 0 Å². The number of para-hydroxylation sites is 1. The highest BCUT2D eigenvalue weighted by Crippen LogP contribution is 2.39. The van der Waals surface area contributed by atoms with E-state index in [9.17, 15) is 0 Å². The zero-order valence-corrected chi connectivity index (χ0v) is 15.0. The quantitative estimate of drug-likeness (QED) is 0.793. The smallest absolute Gasteiger partial charge is 0.231 e. The molecule has 0 amide bonds. The summed E-state index contributed by atoms with van der Waals surface area (Å²) in [5.41, 5.74) is 1.73. The van der Waals surface area contributed by atoms with Crippen molar-refractivity contribution in [3.8, 4) is 17.2 Å². The van der Waals surface area contributed by atoms with Crippen LogP contribution in [0.5, 0.6) is 17.2 Å². The number of benzene rings is 2. The predicted octanol–water partition coefficient (Wildman–Crippen LogP) is 4.00. The van der Waals surface area contributed by atoms with Gasteiger partial charge in [-0.2, -0.15) is 0 Å². The number of anilines is 1. The van der Waals surface area contributed by atoms with E-state index < -0.39 is 0 Å². The highest BCUT2D eigenvalue weighted by atomic mass is 32.1. The summed E-state index contributed by atoms with van der Waals surface area (Å²) in [6.45, 7) is 4.44. The van der Waals surface area contributed by atoms with Crippen LogP contribution in [0.4, 0.5) is 5.69 Å². The van der Waals surface area contributed by atoms with E-state index in [4.69, 9.17) is 26.4 Å². The van der Waals surface area contributed by atoms with Gasteiger partial charge in [0.1, 0.15) is 11.4 Å². The molecule has 1 atom stereocenters. The largest absolute Gasteiger partial charge is 0.487 e. The average molecular weight is 356 g/mol. The third-order valence-electron chi connectivity index (χ3n) is 4.31. The lowest BCUT2D eigenvalue weighted by molar-refractivity contribution is 0.0697. The Bertz CT molecular complexity index is 822. The first kappa shape index (κ1) is 16.0. The minimum Gasteiger partial charge on any atom is -0.487 e. The Hall–Kier alpha value is -2.47. The minimum atomic E-state index is -0.250. The van der Waals surface area contributed by atoms with E-state index >= 15 is 0 Å². The van der Waals surface area contributed by atoms with Crippen molar-refractivity contribution in [3.63, 3.8) is 0 Å². The van der Waals surface area contributed by atoms with Gasteiger partial charge in [0, 0.05) is 23.7 Å². The van der Waals surface area contributed by atoms with Gasteiger partial charge in [0.05, 0.1) is 6.04 Å². The van der Waals surface area contributed by atoms with Crippen LogP contribution in [0.3, 0.4) is 0 Å². The van der Waals surface area contributed by atoms with E-state index in [2.05, 4.69) is 30.5 Å². The van der Waals surface area contributed by atoms with Crippen LogP contribution >= 0.6 is 12.2 Å². The first-order chi connectivity index (χ1) is 12.0. The molecule has 130 valence electrons. The number of rotatable bonds is 2. The second kappa shape index (κ2) is 6.11. The number of ether oxygens (including phenoxy) is 3. The first-order valence-electron chi connectivity index (χ1n) is 8.25. The van der Waals surface area contributed by atoms with Crippen LogP contribution in [0.1, 0.15) is 31.9 Å². The fourth-order valence-electron chi connectivity index (χ4n) is 3.23. The molecular weight excluding hydrogens is 336 g/mol. The van der Waals surface area contributed by atoms with Crippen LogP contribution < -0.4 is 24.8 Å². The monoisotopic (exact) mass is 356 g/mol. The summed E-state index contributed by atoms with van der Waals surface area (Å²) in [5.74, 6) is 2.39. The van der Waals surface area contributed by atoms with Gasteiger partial charge in [0.15, 0.2) is 16.6 Å². The molecule has 4 rings (SSSR count). The van der Waals surface area contributed by atoms with E-state index in [-0.39, 0.29) is 18.4 Å². The summed E-state index contributed by atoms with van der Waals surface area (Å²) in [4.78, 5) is 0. The molecule has 0 aliphatic carbocycles. The Morgan fingerprint density at radius 1 is 1.08 bits per heavy atom. The topological polar surface area (TPSA) is 51.8 Å². The molecule has 0 spiro atoms. The maximum absolute atomic E-state index is 6.07. The van der Waals surface area contributed by atoms with Crippen molar-refractivity contribution in [1.29, 1.82) is 0 Å². The molecule has 2 aromatic carbocycles. The standard InChI is InChI=1S/C19H20N2O3S/c1-19(2)10-14(13-5-3-4-6-15(13)24-19)21-18(25)20-12-7-8-16-17(9-12)23-11-22-16/h3-9,14H,10-11H2,1-2H3,(H2,20,21,25)/t14-/m0/s1. The molecule has 6 heteroatoms. The van der Waals surface area contributed by atoms with E-state index in [0.29, 0.717) is 5.11 Å². The lowest BCUT2D eigenvalue weighted by atomic mass is 9.90. The fraction of sp³-hybridized carbons (Fsp3) is 0.316. The molecule has 5 nitrogen and oxygen atoms in total. The first-order valence-corrected chi connectivity index (χ1v) is 8.66. The summed E-state index contributed by atoms with van der Waals surface area (Å²) in [5, 5.41) is 7.20. The SMILES string of the molecule is CC1(C)C[C@H](NC(=S)Nc2ccc3c(c2)OCO3)c2ccccc2O1. The summed E-state index contributed by atoms with van der Waals surface area (Å²) >= 11 is 5.51. The average Bonchev–Trinajstić information content (AvgIpc) is 3.01. The van der Waals surface area contributed by atoms with Gasteiger partial charge in [-0.05, 0) is 44.3 Å². The summed E-state index contributed by atoms with van der Waals surface area (Å²) in [6, 6.07) is 13.9. The Morgan fingerprint density at radius 2 is 1.88 bits per heavy atom. The van der Waals surface area contributed by atoms with Gasteiger partial charge in [-0.25, -0.2) is 0 Å². The zero-order chi connectivity index (χ0) is 17.4. The predicted molar refractivity (Wildman–Crippen MR) is 100 cm³/mol. The van der Waals surface area contributed by atoms with Gasteiger partial charge in [-0.1, -0.05) is 18.2 Å². The lowest BCUT2D eigenvalue weighted by Crippen LogP contribution is -2.42. The molecule has 25 heavy (non-hydrogen) atoms. The van der Waals surface area contributed by atoms with Gasteiger partial charge < -0.3 is 24.8 Å². The minimum absolute atomic E-state index is 0.0916. The molecule has 0 saturated heterocycles. The van der Waals surface area contributed by atoms with Gasteiger partial charge in [0.2, 0.25) is 6.79 Å². The molecule has 2 aliphatic rings. The van der Waals surface area contributed by atoms with E-state index in [1.54, 1.807) is 0 Å². The van der Waals surface area contributed by atoms with E-state index in [1.165, 1.54) is 0 Å². The van der Waals surface area contributed by atoms with Crippen molar-refractivity contribution in [2.45, 2.75) is 31.9 Å². The second-order valence-electron chi connectivity index (χ2n) is 6.82. The second-order valence-corrected chi connectivity index (χ2v) is 7.23. The molecule has 2 aromatic rings. The zero-order valence-electron chi connectivity index (χ0n) is 14.2. The Kier molecular flexibility index (Phi) is 3.92. The van der Waals surface area contributed by atoms with Crippen LogP contribution in [0, 0.1) is 0 Å². The molecule has 0 unspecified atom stereocenters. The van der Waals surface area contributed by atoms with Crippen LogP contribution in [0.25, 0.3) is 0 Å². The molecule has 0 radical (unpaired) electrons. The lowest BCUT2D eigenvalue weighted by Gasteiger charge is -2.38. The maximum atomic E-state index is 6.07. The van der Waals surface area contributed by atoms with Crippen LogP contribution in [-0.4, -0.2) is 17.5 Å². The Morgan fingerprint density at radius 3 is 2.76 bits per heavy atom. The summed E-state index contributed by atoms with van der Waals surface area (Å²) in [7, 11) is 0. The van der Waals surface area contributed by atoms with Gasteiger partial charge >= 0.3 is 0 Å². The molecule has 0 fully saturated rings. The number of thiocarbonyl (C=S) groups is 1. The van der Waals surface area contributed by atoms with Crippen LogP contribution in [0.2, 0.25) is 0 Å². The third-order valence-corrected chi connectivity index (χ3v) is 4.53. The summed E-state index contributed by atoms with van der Waals surface area (Å²) in [6.07, 6.45) is 0.826. The Balaban J connectivity index is 1.49. The number of hydrogen-bond acceptors (Lipinski definition) is 4. The number of fused-ring (bicyclic) bond motifs is 2. The maximum Gasteiger partial charge on any atom is 0.231 e. The normalized spacial score (nSPS) is 19.5. The van der Waals surface area contributed by atoms with Crippen molar-refractivity contribution in [2.24, 2.45) is 0 Å². The van der Waals surface area contributed by atoms with Crippen molar-refractivity contribution in [3.05, 3.63) is 48.0 Å². The molecular formula is C19H20N2O3S. The van der Waals surface area contributed by atoms with Crippen LogP contribution in [0.15, 0.2) is 42.5 Å². The molecule has 2 heterocycles. The molecule has 0 aromatic heterocycles. The van der Waals surface area contributed by atoms with Crippen molar-refractivity contribution in [1.82, 2.24) is 5.32 Å². The molecule has 2 N–H and O–H groups in total. The summed E-state index contributed by atoms with van der Waals surface area (Å²) < 4.78 is 16.8. The fourth-order valence-corrected chi connectivity index (χ4v) is 3.49. The van der Waals surface area contributed by atoms with Crippen molar-refractivity contribution in [2.75, 3.05) is 12.1 Å². The van der Waals surface area contributed by atoms with Crippen molar-refractivity contribution >= 4 is 23.0 Å². The highest BCUT2D eigenvalue weighted by molar-refractivity contribution is 7.80. The van der Waals surface area contributed by atoms with Crippen molar-refractivity contribution < 1.29 is 14.2 Å². The Labute approximate surface area is 152 Å². The molecule has 0 saturated carbocycles. The van der Waals surface area contributed by atoms with Gasteiger partial charge in [-0.15, -0.1) is 0 Å². The molecule has 0 bridgehead atoms. The van der Waals surface area contributed by atoms with E-state index in [1.807, 2.05) is 36.4 Å². The van der Waals surface area contributed by atoms with E-state index in [0.717, 1.165) is 34.9 Å². The number of nitrogens with one attached hydrogen (secondary N) is 2. The van der Waals surface area contributed by atoms with Gasteiger partial charge in [0.25, 0.3) is 0 Å². The number of hydrogen-bond donors (Lipinski definition) is 2. The highest BCUT2D eigenvalue weighted by Gasteiger charge is 2.33. The van der Waals surface area contributed by atoms with Crippen LogP contribution in [-0.2, 0) is 0 Å². The molecule has 2 aliphatic heterocycles.